The van der Waals surface area contributed by atoms with Gasteiger partial charge in [-0.05, 0) is 24.3 Å². The Kier molecular flexibility index (Phi) is 3.92. The average Bonchev–Trinajstić information content (AvgIpc) is 2.38. The summed E-state index contributed by atoms with van der Waals surface area (Å²) in [6.45, 7) is 0. The smallest absolute Gasteiger partial charge is 0.266 e. The van der Waals surface area contributed by atoms with Crippen LogP contribution in [0.4, 0.5) is 5.82 Å². The maximum Gasteiger partial charge on any atom is 0.266 e. The number of ether oxygens (including phenoxy) is 1. The molecule has 0 unspecified atom stereocenters. The number of hydrogen-bond acceptors (Lipinski definition) is 4. The van der Waals surface area contributed by atoms with Crippen molar-refractivity contribution in [1.82, 2.24) is 4.98 Å². The van der Waals surface area contributed by atoms with E-state index in [0.717, 1.165) is 0 Å². The number of methoxy groups -OCH3 is 1. The molecule has 0 aliphatic heterocycles. The van der Waals surface area contributed by atoms with E-state index in [4.69, 9.17) is 16.3 Å². The second kappa shape index (κ2) is 5.46. The highest BCUT2D eigenvalue weighted by atomic mass is 35.5. The Balaban J connectivity index is 2.38. The van der Waals surface area contributed by atoms with E-state index in [0.29, 0.717) is 0 Å². The maximum absolute atomic E-state index is 12.2. The summed E-state index contributed by atoms with van der Waals surface area (Å²) < 4.78 is 31.8. The van der Waals surface area contributed by atoms with Crippen LogP contribution in [-0.2, 0) is 10.0 Å². The van der Waals surface area contributed by atoms with Gasteiger partial charge in [0, 0.05) is 0 Å². The average molecular weight is 299 g/mol. The van der Waals surface area contributed by atoms with Gasteiger partial charge in [0.05, 0.1) is 7.11 Å². The zero-order valence-electron chi connectivity index (χ0n) is 10.00. The summed E-state index contributed by atoms with van der Waals surface area (Å²) in [6, 6.07) is 11.0. The molecule has 0 bridgehead atoms. The second-order valence-corrected chi connectivity index (χ2v) is 5.64. The van der Waals surface area contributed by atoms with E-state index in [2.05, 4.69) is 9.71 Å². The maximum atomic E-state index is 12.2. The van der Waals surface area contributed by atoms with Crippen LogP contribution in [0.2, 0.25) is 5.15 Å². The van der Waals surface area contributed by atoms with Crippen LogP contribution in [0, 0.1) is 0 Å². The molecule has 0 amide bonds. The van der Waals surface area contributed by atoms with Crippen molar-refractivity contribution in [1.29, 1.82) is 0 Å². The van der Waals surface area contributed by atoms with Gasteiger partial charge in [0.15, 0.2) is 0 Å². The standard InChI is InChI=1S/C12H11ClN2O3S/c1-18-9-5-2-3-6-10(9)19(16,17)15-12-8-4-7-11(13)14-12/h2-8H,1H3,(H,14,15). The van der Waals surface area contributed by atoms with Crippen LogP contribution in [0.1, 0.15) is 0 Å². The Morgan fingerprint density at radius 3 is 2.58 bits per heavy atom. The summed E-state index contributed by atoms with van der Waals surface area (Å²) >= 11 is 5.71. The molecule has 5 nitrogen and oxygen atoms in total. The van der Waals surface area contributed by atoms with Crippen LogP contribution in [-0.4, -0.2) is 20.5 Å². The molecule has 0 aliphatic carbocycles. The highest BCUT2D eigenvalue weighted by Gasteiger charge is 2.19. The molecular formula is C12H11ClN2O3S. The van der Waals surface area contributed by atoms with Gasteiger partial charge in [-0.15, -0.1) is 0 Å². The third-order valence-electron chi connectivity index (χ3n) is 2.31. The summed E-state index contributed by atoms with van der Waals surface area (Å²) in [4.78, 5) is 3.91. The molecule has 1 heterocycles. The molecule has 0 saturated carbocycles. The van der Waals surface area contributed by atoms with Crippen LogP contribution < -0.4 is 9.46 Å². The van der Waals surface area contributed by atoms with E-state index in [9.17, 15) is 8.42 Å². The molecular weight excluding hydrogens is 288 g/mol. The zero-order chi connectivity index (χ0) is 13.9. The summed E-state index contributed by atoms with van der Waals surface area (Å²) in [5.41, 5.74) is 0. The van der Waals surface area contributed by atoms with Gasteiger partial charge in [-0.3, -0.25) is 4.72 Å². The van der Waals surface area contributed by atoms with Crippen molar-refractivity contribution in [2.24, 2.45) is 0 Å². The molecule has 1 aromatic carbocycles. The number of para-hydroxylation sites is 1. The van der Waals surface area contributed by atoms with Crippen molar-refractivity contribution < 1.29 is 13.2 Å². The fourth-order valence-corrected chi connectivity index (χ4v) is 2.84. The van der Waals surface area contributed by atoms with E-state index in [-0.39, 0.29) is 21.6 Å². The van der Waals surface area contributed by atoms with E-state index < -0.39 is 10.0 Å². The van der Waals surface area contributed by atoms with Crippen molar-refractivity contribution >= 4 is 27.4 Å². The minimum Gasteiger partial charge on any atom is -0.495 e. The molecule has 0 saturated heterocycles. The van der Waals surface area contributed by atoms with Gasteiger partial charge in [0.25, 0.3) is 10.0 Å². The van der Waals surface area contributed by atoms with Crippen molar-refractivity contribution in [3.63, 3.8) is 0 Å². The predicted octanol–water partition coefficient (Wildman–Crippen LogP) is 2.54. The number of pyridine rings is 1. The number of halogens is 1. The van der Waals surface area contributed by atoms with Crippen LogP contribution >= 0.6 is 11.6 Å². The molecule has 7 heteroatoms. The van der Waals surface area contributed by atoms with Crippen molar-refractivity contribution in [3.8, 4) is 5.75 Å². The first-order valence-electron chi connectivity index (χ1n) is 5.31. The van der Waals surface area contributed by atoms with E-state index in [1.54, 1.807) is 30.3 Å². The van der Waals surface area contributed by atoms with Gasteiger partial charge in [0.2, 0.25) is 0 Å². The van der Waals surface area contributed by atoms with Crippen LogP contribution in [0.3, 0.4) is 0 Å². The first kappa shape index (κ1) is 13.6. The summed E-state index contributed by atoms with van der Waals surface area (Å²) in [6.07, 6.45) is 0. The third kappa shape index (κ3) is 3.15. The van der Waals surface area contributed by atoms with Crippen molar-refractivity contribution in [2.75, 3.05) is 11.8 Å². The third-order valence-corrected chi connectivity index (χ3v) is 3.92. The molecule has 2 rings (SSSR count). The number of hydrogen-bond donors (Lipinski definition) is 1. The normalized spacial score (nSPS) is 11.1. The van der Waals surface area contributed by atoms with Gasteiger partial charge in [-0.2, -0.15) is 0 Å². The molecule has 0 spiro atoms. The summed E-state index contributed by atoms with van der Waals surface area (Å²) in [7, 11) is -2.36. The summed E-state index contributed by atoms with van der Waals surface area (Å²) in [5.74, 6) is 0.412. The Morgan fingerprint density at radius 1 is 1.16 bits per heavy atom. The van der Waals surface area contributed by atoms with Gasteiger partial charge in [0.1, 0.15) is 21.6 Å². The van der Waals surface area contributed by atoms with Crippen molar-refractivity contribution in [3.05, 3.63) is 47.6 Å². The number of aromatic nitrogens is 1. The summed E-state index contributed by atoms with van der Waals surface area (Å²) in [5, 5.41) is 0.209. The number of nitrogens with zero attached hydrogens (tertiary/aromatic N) is 1. The van der Waals surface area contributed by atoms with E-state index >= 15 is 0 Å². The fraction of sp³-hybridized carbons (Fsp3) is 0.0833. The number of rotatable bonds is 4. The largest absolute Gasteiger partial charge is 0.495 e. The van der Waals surface area contributed by atoms with Gasteiger partial charge in [-0.25, -0.2) is 13.4 Å². The predicted molar refractivity (Wildman–Crippen MR) is 73.0 cm³/mol. The quantitative estimate of drug-likeness (QED) is 0.881. The van der Waals surface area contributed by atoms with Crippen molar-refractivity contribution in [2.45, 2.75) is 4.90 Å². The molecule has 0 fully saturated rings. The van der Waals surface area contributed by atoms with Crippen LogP contribution in [0.25, 0.3) is 0 Å². The monoisotopic (exact) mass is 298 g/mol. The number of nitrogens with one attached hydrogen (secondary N) is 1. The van der Waals surface area contributed by atoms with Gasteiger partial charge < -0.3 is 4.74 Å². The van der Waals surface area contributed by atoms with E-state index in [1.165, 1.54) is 19.2 Å². The lowest BCUT2D eigenvalue weighted by Crippen LogP contribution is -2.14. The highest BCUT2D eigenvalue weighted by Crippen LogP contribution is 2.24. The van der Waals surface area contributed by atoms with E-state index in [1.807, 2.05) is 0 Å². The molecule has 100 valence electrons. The Hall–Kier alpha value is -1.79. The minimum atomic E-state index is -3.77. The molecule has 1 aromatic heterocycles. The number of anilines is 1. The molecule has 1 N–H and O–H groups in total. The number of benzene rings is 1. The fourth-order valence-electron chi connectivity index (χ4n) is 1.50. The SMILES string of the molecule is COc1ccccc1S(=O)(=O)Nc1cccc(Cl)n1. The van der Waals surface area contributed by atoms with Gasteiger partial charge >= 0.3 is 0 Å². The Morgan fingerprint density at radius 2 is 1.89 bits per heavy atom. The number of sulfonamides is 1. The minimum absolute atomic E-state index is 0.0410. The lowest BCUT2D eigenvalue weighted by atomic mass is 10.3. The molecule has 2 aromatic rings. The Bertz CT molecular complexity index is 689. The zero-order valence-corrected chi connectivity index (χ0v) is 11.6. The second-order valence-electron chi connectivity index (χ2n) is 3.60. The highest BCUT2D eigenvalue weighted by molar-refractivity contribution is 7.92. The molecule has 19 heavy (non-hydrogen) atoms. The first-order chi connectivity index (χ1) is 9.03. The Labute approximate surface area is 116 Å². The van der Waals surface area contributed by atoms with Crippen LogP contribution in [0.15, 0.2) is 47.4 Å². The lowest BCUT2D eigenvalue weighted by Gasteiger charge is -2.10. The lowest BCUT2D eigenvalue weighted by molar-refractivity contribution is 0.403. The molecule has 0 atom stereocenters. The molecule has 0 radical (unpaired) electrons. The topological polar surface area (TPSA) is 68.3 Å². The molecule has 0 aliphatic rings. The van der Waals surface area contributed by atoms with Gasteiger partial charge in [-0.1, -0.05) is 29.8 Å². The first-order valence-corrected chi connectivity index (χ1v) is 7.17. The van der Waals surface area contributed by atoms with Crippen LogP contribution in [0.5, 0.6) is 5.75 Å².